The SMILES string of the molecule is COc1cccc(CN(Cc2ccccc2)Cc2nc(C(=O)NCC3CCCO3)co2)c1. The van der Waals surface area contributed by atoms with Crippen molar-refractivity contribution in [3.63, 3.8) is 0 Å². The lowest BCUT2D eigenvalue weighted by molar-refractivity contribution is 0.0853. The fourth-order valence-electron chi connectivity index (χ4n) is 3.82. The van der Waals surface area contributed by atoms with Gasteiger partial charge < -0.3 is 19.2 Å². The minimum atomic E-state index is -0.238. The van der Waals surface area contributed by atoms with Gasteiger partial charge in [-0.25, -0.2) is 4.98 Å². The van der Waals surface area contributed by atoms with Gasteiger partial charge >= 0.3 is 0 Å². The third-order valence-electron chi connectivity index (χ3n) is 5.45. The van der Waals surface area contributed by atoms with Gasteiger partial charge in [0.15, 0.2) is 5.69 Å². The van der Waals surface area contributed by atoms with Crippen LogP contribution in [-0.2, 0) is 24.4 Å². The molecule has 4 rings (SSSR count). The van der Waals surface area contributed by atoms with E-state index in [1.807, 2.05) is 36.4 Å². The number of nitrogens with one attached hydrogen (secondary N) is 1. The van der Waals surface area contributed by atoms with Gasteiger partial charge in [0.05, 0.1) is 19.8 Å². The van der Waals surface area contributed by atoms with Crippen molar-refractivity contribution in [2.24, 2.45) is 0 Å². The standard InChI is InChI=1S/C25H29N3O4/c1-30-21-10-5-9-20(13-21)16-28(15-19-7-3-2-4-8-19)17-24-27-23(18-32-24)25(29)26-14-22-11-6-12-31-22/h2-5,7-10,13,18,22H,6,11-12,14-17H2,1H3,(H,26,29). The molecular weight excluding hydrogens is 406 g/mol. The number of rotatable bonds is 10. The fraction of sp³-hybridized carbons (Fsp3) is 0.360. The molecular formula is C25H29N3O4. The zero-order chi connectivity index (χ0) is 22.2. The number of benzene rings is 2. The Morgan fingerprint density at radius 2 is 1.94 bits per heavy atom. The van der Waals surface area contributed by atoms with Crippen LogP contribution in [0.4, 0.5) is 0 Å². The Balaban J connectivity index is 1.42. The predicted molar refractivity (Wildman–Crippen MR) is 120 cm³/mol. The van der Waals surface area contributed by atoms with Gasteiger partial charge in [-0.2, -0.15) is 0 Å². The highest BCUT2D eigenvalue weighted by Gasteiger charge is 2.19. The highest BCUT2D eigenvalue weighted by atomic mass is 16.5. The van der Waals surface area contributed by atoms with Gasteiger partial charge in [0.1, 0.15) is 12.0 Å². The summed E-state index contributed by atoms with van der Waals surface area (Å²) >= 11 is 0. The summed E-state index contributed by atoms with van der Waals surface area (Å²) in [4.78, 5) is 19.1. The predicted octanol–water partition coefficient (Wildman–Crippen LogP) is 3.79. The summed E-state index contributed by atoms with van der Waals surface area (Å²) in [6, 6.07) is 18.3. The van der Waals surface area contributed by atoms with Crippen LogP contribution in [-0.4, -0.2) is 42.2 Å². The lowest BCUT2D eigenvalue weighted by atomic mass is 10.1. The zero-order valence-corrected chi connectivity index (χ0v) is 18.3. The van der Waals surface area contributed by atoms with Crippen LogP contribution in [0.25, 0.3) is 0 Å². The number of hydrogen-bond donors (Lipinski definition) is 1. The molecule has 1 fully saturated rings. The number of amides is 1. The number of hydrogen-bond acceptors (Lipinski definition) is 6. The quantitative estimate of drug-likeness (QED) is 0.522. The van der Waals surface area contributed by atoms with Crippen LogP contribution in [0.15, 0.2) is 65.3 Å². The van der Waals surface area contributed by atoms with Gasteiger partial charge in [0.25, 0.3) is 5.91 Å². The van der Waals surface area contributed by atoms with Crippen LogP contribution < -0.4 is 10.1 Å². The number of aromatic nitrogens is 1. The molecule has 0 saturated carbocycles. The summed E-state index contributed by atoms with van der Waals surface area (Å²) in [5.41, 5.74) is 2.61. The second-order valence-electron chi connectivity index (χ2n) is 7.95. The normalized spacial score (nSPS) is 15.8. The van der Waals surface area contributed by atoms with Crippen LogP contribution >= 0.6 is 0 Å². The Bertz CT molecular complexity index is 999. The number of ether oxygens (including phenoxy) is 2. The topological polar surface area (TPSA) is 76.8 Å². The monoisotopic (exact) mass is 435 g/mol. The van der Waals surface area contributed by atoms with Crippen molar-refractivity contribution in [2.45, 2.75) is 38.6 Å². The van der Waals surface area contributed by atoms with Gasteiger partial charge in [0, 0.05) is 26.2 Å². The van der Waals surface area contributed by atoms with E-state index in [1.54, 1.807) is 7.11 Å². The lowest BCUT2D eigenvalue weighted by Crippen LogP contribution is -2.32. The Morgan fingerprint density at radius 3 is 2.72 bits per heavy atom. The number of carbonyl (C=O) groups is 1. The molecule has 2 heterocycles. The Morgan fingerprint density at radius 1 is 1.12 bits per heavy atom. The van der Waals surface area contributed by atoms with E-state index >= 15 is 0 Å². The molecule has 7 nitrogen and oxygen atoms in total. The van der Waals surface area contributed by atoms with E-state index in [-0.39, 0.29) is 12.0 Å². The van der Waals surface area contributed by atoms with Crippen molar-refractivity contribution in [1.29, 1.82) is 0 Å². The average molecular weight is 436 g/mol. The molecule has 1 saturated heterocycles. The summed E-state index contributed by atoms with van der Waals surface area (Å²) in [6.07, 6.45) is 3.53. The Hall–Kier alpha value is -3.16. The third-order valence-corrected chi connectivity index (χ3v) is 5.45. The molecule has 1 amide bonds. The van der Waals surface area contributed by atoms with Gasteiger partial charge in [0.2, 0.25) is 5.89 Å². The summed E-state index contributed by atoms with van der Waals surface area (Å²) in [5, 5.41) is 2.89. The van der Waals surface area contributed by atoms with E-state index in [4.69, 9.17) is 13.9 Å². The number of oxazole rings is 1. The average Bonchev–Trinajstić information content (AvgIpc) is 3.51. The number of methoxy groups -OCH3 is 1. The largest absolute Gasteiger partial charge is 0.497 e. The maximum atomic E-state index is 12.4. The van der Waals surface area contributed by atoms with E-state index < -0.39 is 0 Å². The number of carbonyl (C=O) groups excluding carboxylic acids is 1. The summed E-state index contributed by atoms with van der Waals surface area (Å²) in [6.45, 7) is 3.15. The number of nitrogens with zero attached hydrogens (tertiary/aromatic N) is 2. The van der Waals surface area contributed by atoms with Crippen molar-refractivity contribution in [1.82, 2.24) is 15.2 Å². The molecule has 1 atom stereocenters. The van der Waals surface area contributed by atoms with Crippen molar-refractivity contribution in [2.75, 3.05) is 20.3 Å². The summed E-state index contributed by atoms with van der Waals surface area (Å²) in [5.74, 6) is 1.09. The first-order valence-electron chi connectivity index (χ1n) is 10.9. The second-order valence-corrected chi connectivity index (χ2v) is 7.95. The molecule has 1 aromatic heterocycles. The van der Waals surface area contributed by atoms with Crippen LogP contribution in [0.3, 0.4) is 0 Å². The van der Waals surface area contributed by atoms with Gasteiger partial charge in [-0.05, 0) is 36.1 Å². The van der Waals surface area contributed by atoms with E-state index in [2.05, 4.69) is 33.4 Å². The molecule has 0 radical (unpaired) electrons. The van der Waals surface area contributed by atoms with Gasteiger partial charge in [-0.15, -0.1) is 0 Å². The lowest BCUT2D eigenvalue weighted by Gasteiger charge is -2.21. The molecule has 168 valence electrons. The molecule has 1 N–H and O–H groups in total. The summed E-state index contributed by atoms with van der Waals surface area (Å²) < 4.78 is 16.6. The molecule has 3 aromatic rings. The minimum Gasteiger partial charge on any atom is -0.497 e. The third kappa shape index (κ3) is 6.18. The van der Waals surface area contributed by atoms with Crippen LogP contribution in [0, 0.1) is 0 Å². The molecule has 0 bridgehead atoms. The minimum absolute atomic E-state index is 0.0922. The molecule has 7 heteroatoms. The van der Waals surface area contributed by atoms with Crippen molar-refractivity contribution in [3.8, 4) is 5.75 Å². The first kappa shape index (κ1) is 22.0. The van der Waals surface area contributed by atoms with E-state index in [0.29, 0.717) is 31.2 Å². The van der Waals surface area contributed by atoms with Crippen molar-refractivity contribution < 1.29 is 18.7 Å². The maximum absolute atomic E-state index is 12.4. The summed E-state index contributed by atoms with van der Waals surface area (Å²) in [7, 11) is 1.67. The van der Waals surface area contributed by atoms with E-state index in [0.717, 1.165) is 37.3 Å². The Kier molecular flexibility index (Phi) is 7.53. The fourth-order valence-corrected chi connectivity index (χ4v) is 3.82. The first-order valence-corrected chi connectivity index (χ1v) is 10.9. The zero-order valence-electron chi connectivity index (χ0n) is 18.3. The van der Waals surface area contributed by atoms with Crippen LogP contribution in [0.1, 0.15) is 40.3 Å². The van der Waals surface area contributed by atoms with Crippen molar-refractivity contribution >= 4 is 5.91 Å². The van der Waals surface area contributed by atoms with Crippen LogP contribution in [0.5, 0.6) is 5.75 Å². The van der Waals surface area contributed by atoms with Gasteiger partial charge in [-0.3, -0.25) is 9.69 Å². The van der Waals surface area contributed by atoms with E-state index in [1.165, 1.54) is 11.8 Å². The molecule has 2 aromatic carbocycles. The van der Waals surface area contributed by atoms with Crippen LogP contribution in [0.2, 0.25) is 0 Å². The molecule has 0 spiro atoms. The molecule has 1 unspecified atom stereocenters. The maximum Gasteiger partial charge on any atom is 0.273 e. The van der Waals surface area contributed by atoms with Gasteiger partial charge in [-0.1, -0.05) is 42.5 Å². The highest BCUT2D eigenvalue weighted by Crippen LogP contribution is 2.18. The van der Waals surface area contributed by atoms with Crippen molar-refractivity contribution in [3.05, 3.63) is 83.6 Å². The Labute approximate surface area is 188 Å². The molecule has 32 heavy (non-hydrogen) atoms. The highest BCUT2D eigenvalue weighted by molar-refractivity contribution is 5.91. The molecule has 1 aliphatic rings. The first-order chi connectivity index (χ1) is 15.7. The second kappa shape index (κ2) is 10.9. The smallest absolute Gasteiger partial charge is 0.273 e. The molecule has 0 aliphatic carbocycles. The van der Waals surface area contributed by atoms with E-state index in [9.17, 15) is 4.79 Å². The molecule has 1 aliphatic heterocycles.